The first kappa shape index (κ1) is 18.5. The Morgan fingerprint density at radius 3 is 2.77 bits per heavy atom. The molecular formula is C21H30N4O. The third-order valence-corrected chi connectivity index (χ3v) is 5.39. The summed E-state index contributed by atoms with van der Waals surface area (Å²) in [6.07, 6.45) is 3.23. The van der Waals surface area contributed by atoms with E-state index in [4.69, 9.17) is 4.52 Å². The van der Waals surface area contributed by atoms with Crippen molar-refractivity contribution in [3.05, 3.63) is 53.4 Å². The fourth-order valence-electron chi connectivity index (χ4n) is 3.88. The molecule has 0 amide bonds. The van der Waals surface area contributed by atoms with E-state index in [-0.39, 0.29) is 0 Å². The van der Waals surface area contributed by atoms with Crippen molar-refractivity contribution in [2.24, 2.45) is 10.9 Å². The molecule has 1 aromatic heterocycles. The molecule has 1 fully saturated rings. The fourth-order valence-corrected chi connectivity index (χ4v) is 3.88. The average molecular weight is 354 g/mol. The second-order valence-corrected chi connectivity index (χ2v) is 6.96. The number of likely N-dealkylation sites (tertiary alicyclic amines) is 1. The Bertz CT molecular complexity index is 710. The molecule has 2 heterocycles. The lowest BCUT2D eigenvalue weighted by Gasteiger charge is -2.40. The Morgan fingerprint density at radius 2 is 2.12 bits per heavy atom. The van der Waals surface area contributed by atoms with Gasteiger partial charge in [0, 0.05) is 26.2 Å². The van der Waals surface area contributed by atoms with E-state index in [2.05, 4.69) is 64.5 Å². The lowest BCUT2D eigenvalue weighted by Crippen LogP contribution is -2.48. The van der Waals surface area contributed by atoms with Crippen molar-refractivity contribution < 1.29 is 4.52 Å². The van der Waals surface area contributed by atoms with Gasteiger partial charge in [0.2, 0.25) is 0 Å². The van der Waals surface area contributed by atoms with Crippen LogP contribution in [0.2, 0.25) is 0 Å². The Labute approximate surface area is 156 Å². The van der Waals surface area contributed by atoms with Crippen LogP contribution in [0.25, 0.3) is 0 Å². The summed E-state index contributed by atoms with van der Waals surface area (Å²) >= 11 is 0. The SMILES string of the molecule is CCc1cc(CNC(=NC)N2CCC(c3ccccc3)C(CC)C2)on1. The van der Waals surface area contributed by atoms with E-state index in [1.54, 1.807) is 0 Å². The van der Waals surface area contributed by atoms with Crippen LogP contribution in [-0.4, -0.2) is 36.2 Å². The lowest BCUT2D eigenvalue weighted by atomic mass is 9.79. The molecule has 0 aliphatic carbocycles. The fraction of sp³-hybridized carbons (Fsp3) is 0.524. The van der Waals surface area contributed by atoms with Gasteiger partial charge in [-0.15, -0.1) is 0 Å². The largest absolute Gasteiger partial charge is 0.359 e. The van der Waals surface area contributed by atoms with Crippen molar-refractivity contribution in [3.8, 4) is 0 Å². The molecule has 2 unspecified atom stereocenters. The predicted molar refractivity (Wildman–Crippen MR) is 105 cm³/mol. The predicted octanol–water partition coefficient (Wildman–Crippen LogP) is 3.83. The second kappa shape index (κ2) is 8.88. The summed E-state index contributed by atoms with van der Waals surface area (Å²) in [5.41, 5.74) is 2.46. The summed E-state index contributed by atoms with van der Waals surface area (Å²) in [4.78, 5) is 6.87. The number of hydrogen-bond donors (Lipinski definition) is 1. The molecule has 0 spiro atoms. The quantitative estimate of drug-likeness (QED) is 0.655. The van der Waals surface area contributed by atoms with E-state index in [0.717, 1.165) is 43.3 Å². The second-order valence-electron chi connectivity index (χ2n) is 6.96. The molecule has 1 aromatic carbocycles. The van der Waals surface area contributed by atoms with Crippen molar-refractivity contribution in [1.82, 2.24) is 15.4 Å². The van der Waals surface area contributed by atoms with Crippen LogP contribution in [0.1, 0.15) is 49.6 Å². The van der Waals surface area contributed by atoms with Gasteiger partial charge in [-0.2, -0.15) is 0 Å². The van der Waals surface area contributed by atoms with Gasteiger partial charge in [0.1, 0.15) is 0 Å². The van der Waals surface area contributed by atoms with Crippen LogP contribution in [0.3, 0.4) is 0 Å². The molecule has 2 atom stereocenters. The minimum Gasteiger partial charge on any atom is -0.359 e. The highest BCUT2D eigenvalue weighted by atomic mass is 16.5. The highest BCUT2D eigenvalue weighted by Gasteiger charge is 2.30. The van der Waals surface area contributed by atoms with Gasteiger partial charge < -0.3 is 14.7 Å². The van der Waals surface area contributed by atoms with Crippen molar-refractivity contribution in [1.29, 1.82) is 0 Å². The molecule has 0 radical (unpaired) electrons. The maximum absolute atomic E-state index is 5.37. The highest BCUT2D eigenvalue weighted by Crippen LogP contribution is 2.34. The number of aliphatic imine (C=N–C) groups is 1. The number of guanidine groups is 1. The van der Waals surface area contributed by atoms with Gasteiger partial charge in [-0.25, -0.2) is 0 Å². The van der Waals surface area contributed by atoms with E-state index in [9.17, 15) is 0 Å². The summed E-state index contributed by atoms with van der Waals surface area (Å²) in [6.45, 7) is 7.05. The van der Waals surface area contributed by atoms with Crippen LogP contribution in [0.5, 0.6) is 0 Å². The third-order valence-electron chi connectivity index (χ3n) is 5.39. The summed E-state index contributed by atoms with van der Waals surface area (Å²) in [5.74, 6) is 3.08. The first-order chi connectivity index (χ1) is 12.7. The number of nitrogens with zero attached hydrogens (tertiary/aromatic N) is 3. The smallest absolute Gasteiger partial charge is 0.194 e. The van der Waals surface area contributed by atoms with Crippen LogP contribution < -0.4 is 5.32 Å². The number of rotatable bonds is 5. The Hall–Kier alpha value is -2.30. The molecule has 3 rings (SSSR count). The van der Waals surface area contributed by atoms with E-state index < -0.39 is 0 Å². The number of piperidine rings is 1. The maximum Gasteiger partial charge on any atom is 0.194 e. The summed E-state index contributed by atoms with van der Waals surface area (Å²) in [5, 5.41) is 7.49. The minimum absolute atomic E-state index is 0.620. The van der Waals surface area contributed by atoms with Crippen molar-refractivity contribution in [2.45, 2.75) is 45.6 Å². The van der Waals surface area contributed by atoms with Gasteiger partial charge in [0.25, 0.3) is 0 Å². The summed E-state index contributed by atoms with van der Waals surface area (Å²) < 4.78 is 5.37. The highest BCUT2D eigenvalue weighted by molar-refractivity contribution is 5.80. The first-order valence-electron chi connectivity index (χ1n) is 9.70. The molecule has 1 aliphatic rings. The van der Waals surface area contributed by atoms with Gasteiger partial charge in [-0.1, -0.05) is 55.8 Å². The summed E-state index contributed by atoms with van der Waals surface area (Å²) in [6, 6.07) is 12.9. The number of benzene rings is 1. The molecule has 1 aliphatic heterocycles. The van der Waals surface area contributed by atoms with Gasteiger partial charge in [0.05, 0.1) is 12.2 Å². The van der Waals surface area contributed by atoms with E-state index in [1.165, 1.54) is 12.0 Å². The molecule has 5 heteroatoms. The Morgan fingerprint density at radius 1 is 1.31 bits per heavy atom. The van der Waals surface area contributed by atoms with Crippen LogP contribution in [0.15, 0.2) is 45.9 Å². The monoisotopic (exact) mass is 354 g/mol. The number of nitrogens with one attached hydrogen (secondary N) is 1. The van der Waals surface area contributed by atoms with Crippen LogP contribution in [0, 0.1) is 5.92 Å². The van der Waals surface area contributed by atoms with E-state index in [1.807, 2.05) is 13.1 Å². The zero-order chi connectivity index (χ0) is 18.4. The summed E-state index contributed by atoms with van der Waals surface area (Å²) in [7, 11) is 1.85. The van der Waals surface area contributed by atoms with E-state index >= 15 is 0 Å². The van der Waals surface area contributed by atoms with Crippen molar-refractivity contribution >= 4 is 5.96 Å². The number of aryl methyl sites for hydroxylation is 1. The lowest BCUT2D eigenvalue weighted by molar-refractivity contribution is 0.215. The normalized spacial score (nSPS) is 21.0. The van der Waals surface area contributed by atoms with Gasteiger partial charge in [-0.3, -0.25) is 4.99 Å². The molecule has 5 nitrogen and oxygen atoms in total. The average Bonchev–Trinajstić information content (AvgIpc) is 3.17. The van der Waals surface area contributed by atoms with Crippen LogP contribution in [0.4, 0.5) is 0 Å². The molecule has 1 N–H and O–H groups in total. The molecule has 140 valence electrons. The molecule has 2 aromatic rings. The molecular weight excluding hydrogens is 324 g/mol. The minimum atomic E-state index is 0.620. The molecule has 26 heavy (non-hydrogen) atoms. The van der Waals surface area contributed by atoms with Gasteiger partial charge in [-0.05, 0) is 30.2 Å². The molecule has 1 saturated heterocycles. The Kier molecular flexibility index (Phi) is 6.31. The Balaban J connectivity index is 1.61. The standard InChI is InChI=1S/C21H30N4O/c1-4-16-15-25(12-11-20(16)17-9-7-6-8-10-17)21(22-3)23-14-19-13-18(5-2)24-26-19/h6-10,13,16,20H,4-5,11-12,14-15H2,1-3H3,(H,22,23). The molecule has 0 saturated carbocycles. The van der Waals surface area contributed by atoms with Crippen LogP contribution >= 0.6 is 0 Å². The number of hydrogen-bond acceptors (Lipinski definition) is 3. The van der Waals surface area contributed by atoms with Gasteiger partial charge >= 0.3 is 0 Å². The maximum atomic E-state index is 5.37. The third kappa shape index (κ3) is 4.26. The van der Waals surface area contributed by atoms with E-state index in [0.29, 0.717) is 18.4 Å². The molecule has 0 bridgehead atoms. The topological polar surface area (TPSA) is 53.7 Å². The zero-order valence-corrected chi connectivity index (χ0v) is 16.1. The van der Waals surface area contributed by atoms with Crippen molar-refractivity contribution in [3.63, 3.8) is 0 Å². The number of aromatic nitrogens is 1. The van der Waals surface area contributed by atoms with Crippen LogP contribution in [-0.2, 0) is 13.0 Å². The van der Waals surface area contributed by atoms with Gasteiger partial charge in [0.15, 0.2) is 11.7 Å². The first-order valence-corrected chi connectivity index (χ1v) is 9.70. The van der Waals surface area contributed by atoms with Crippen molar-refractivity contribution in [2.75, 3.05) is 20.1 Å². The zero-order valence-electron chi connectivity index (χ0n) is 16.1.